The molecule has 33 heavy (non-hydrogen) atoms. The number of hydrogen-bond donors (Lipinski definition) is 1. The van der Waals surface area contributed by atoms with Crippen molar-refractivity contribution in [1.82, 2.24) is 19.8 Å². The van der Waals surface area contributed by atoms with Crippen LogP contribution in [-0.4, -0.2) is 51.4 Å². The molecule has 1 aromatic carbocycles. The van der Waals surface area contributed by atoms with Gasteiger partial charge in [-0.25, -0.2) is 14.4 Å². The maximum Gasteiger partial charge on any atom is 0.246 e. The number of nitrogens with zero attached hydrogens (tertiary/aromatic N) is 4. The summed E-state index contributed by atoms with van der Waals surface area (Å²) in [5.41, 5.74) is 1.82. The number of aromatic nitrogens is 2. The highest BCUT2D eigenvalue weighted by molar-refractivity contribution is 7.19. The first-order chi connectivity index (χ1) is 15.9. The lowest BCUT2D eigenvalue weighted by atomic mass is 10.0. The minimum atomic E-state index is -0.464. The normalized spacial score (nSPS) is 14.0. The number of carbonyl (C=O) groups is 1. The Kier molecular flexibility index (Phi) is 7.26. The molecule has 0 atom stereocenters. The van der Waals surface area contributed by atoms with Gasteiger partial charge in [-0.2, -0.15) is 0 Å². The monoisotopic (exact) mass is 487 g/mol. The summed E-state index contributed by atoms with van der Waals surface area (Å²) >= 11 is 7.51. The summed E-state index contributed by atoms with van der Waals surface area (Å²) in [6.07, 6.45) is 5.88. The fraction of sp³-hybridized carbons (Fsp3) is 0.375. The van der Waals surface area contributed by atoms with Crippen LogP contribution in [0.4, 0.5) is 15.9 Å². The van der Waals surface area contributed by atoms with Gasteiger partial charge in [-0.1, -0.05) is 24.6 Å². The number of halogens is 2. The highest BCUT2D eigenvalue weighted by Gasteiger charge is 2.25. The largest absolute Gasteiger partial charge is 0.340 e. The topological polar surface area (TPSA) is 61.4 Å². The average molecular weight is 488 g/mol. The summed E-state index contributed by atoms with van der Waals surface area (Å²) in [6, 6.07) is 4.93. The molecule has 3 heterocycles. The van der Waals surface area contributed by atoms with Crippen molar-refractivity contribution in [2.45, 2.75) is 39.8 Å². The number of amides is 1. The van der Waals surface area contributed by atoms with Crippen molar-refractivity contribution in [3.05, 3.63) is 58.0 Å². The summed E-state index contributed by atoms with van der Waals surface area (Å²) in [5, 5.41) is 4.25. The number of hydrogen-bond acceptors (Lipinski definition) is 6. The Hall–Kier alpha value is -2.55. The van der Waals surface area contributed by atoms with Gasteiger partial charge in [0.25, 0.3) is 0 Å². The molecule has 1 aliphatic heterocycles. The third-order valence-electron chi connectivity index (χ3n) is 5.87. The Labute approximate surface area is 202 Å². The van der Waals surface area contributed by atoms with E-state index in [9.17, 15) is 9.18 Å². The zero-order valence-corrected chi connectivity index (χ0v) is 20.5. The van der Waals surface area contributed by atoms with E-state index in [1.165, 1.54) is 18.5 Å². The quantitative estimate of drug-likeness (QED) is 0.452. The van der Waals surface area contributed by atoms with E-state index in [1.807, 2.05) is 11.0 Å². The molecule has 1 N–H and O–H groups in total. The van der Waals surface area contributed by atoms with Gasteiger partial charge < -0.3 is 10.2 Å². The summed E-state index contributed by atoms with van der Waals surface area (Å²) in [7, 11) is 0. The van der Waals surface area contributed by atoms with Gasteiger partial charge in [-0.3, -0.25) is 9.69 Å². The molecule has 0 fully saturated rings. The van der Waals surface area contributed by atoms with Crippen molar-refractivity contribution in [3.63, 3.8) is 0 Å². The Bertz CT molecular complexity index is 1200. The maximum atomic E-state index is 13.5. The number of nitrogens with one attached hydrogen (secondary N) is 1. The minimum Gasteiger partial charge on any atom is -0.340 e. The van der Waals surface area contributed by atoms with Crippen molar-refractivity contribution in [2.75, 3.05) is 25.0 Å². The Balaban J connectivity index is 1.52. The van der Waals surface area contributed by atoms with E-state index < -0.39 is 5.82 Å². The molecule has 0 radical (unpaired) electrons. The lowest BCUT2D eigenvalue weighted by Crippen LogP contribution is -2.34. The van der Waals surface area contributed by atoms with E-state index >= 15 is 0 Å². The molecule has 9 heteroatoms. The fourth-order valence-electron chi connectivity index (χ4n) is 4.02. The van der Waals surface area contributed by atoms with Gasteiger partial charge >= 0.3 is 0 Å². The number of thiophene rings is 1. The second-order valence-electron chi connectivity index (χ2n) is 8.25. The van der Waals surface area contributed by atoms with Crippen LogP contribution < -0.4 is 5.32 Å². The number of benzene rings is 1. The molecule has 0 spiro atoms. The first kappa shape index (κ1) is 23.6. The zero-order valence-electron chi connectivity index (χ0n) is 18.9. The first-order valence-electron chi connectivity index (χ1n) is 11.0. The van der Waals surface area contributed by atoms with Gasteiger partial charge in [-0.05, 0) is 50.6 Å². The predicted octanol–water partition coefficient (Wildman–Crippen LogP) is 5.40. The summed E-state index contributed by atoms with van der Waals surface area (Å²) < 4.78 is 13.5. The lowest BCUT2D eigenvalue weighted by Gasteiger charge is -2.26. The van der Waals surface area contributed by atoms with Crippen LogP contribution in [0.15, 0.2) is 36.7 Å². The Morgan fingerprint density at radius 3 is 2.94 bits per heavy atom. The number of anilines is 2. The molecule has 0 saturated heterocycles. The molecule has 0 unspecified atom stereocenters. The highest BCUT2D eigenvalue weighted by Crippen LogP contribution is 2.38. The van der Waals surface area contributed by atoms with Crippen molar-refractivity contribution < 1.29 is 9.18 Å². The first-order valence-corrected chi connectivity index (χ1v) is 12.2. The molecule has 1 amide bonds. The lowest BCUT2D eigenvalue weighted by molar-refractivity contribution is -0.126. The van der Waals surface area contributed by atoms with E-state index in [1.54, 1.807) is 23.5 Å². The number of likely N-dealkylation sites (N-methyl/N-ethyl adjacent to an activating group) is 1. The van der Waals surface area contributed by atoms with E-state index in [0.29, 0.717) is 30.6 Å². The Morgan fingerprint density at radius 2 is 2.21 bits per heavy atom. The van der Waals surface area contributed by atoms with E-state index in [4.69, 9.17) is 11.6 Å². The van der Waals surface area contributed by atoms with Gasteiger partial charge in [0.05, 0.1) is 17.0 Å². The second kappa shape index (κ2) is 10.2. The van der Waals surface area contributed by atoms with E-state index in [2.05, 4.69) is 41.0 Å². The van der Waals surface area contributed by atoms with Crippen molar-refractivity contribution in [3.8, 4) is 0 Å². The molecule has 3 aromatic rings. The maximum absolute atomic E-state index is 13.5. The second-order valence-corrected chi connectivity index (χ2v) is 9.74. The minimum absolute atomic E-state index is 0.0308. The molecule has 4 rings (SSSR count). The zero-order chi connectivity index (χ0) is 23.5. The van der Waals surface area contributed by atoms with E-state index in [-0.39, 0.29) is 10.9 Å². The number of rotatable bonds is 7. The molecule has 0 aliphatic carbocycles. The van der Waals surface area contributed by atoms with Crippen LogP contribution in [-0.2, 0) is 17.8 Å². The van der Waals surface area contributed by atoms with Gasteiger partial charge in [0.1, 0.15) is 22.8 Å². The Morgan fingerprint density at radius 1 is 1.39 bits per heavy atom. The average Bonchev–Trinajstić information content (AvgIpc) is 3.17. The molecule has 1 aliphatic rings. The molecular weight excluding hydrogens is 461 g/mol. The van der Waals surface area contributed by atoms with Crippen LogP contribution in [0.25, 0.3) is 10.2 Å². The molecule has 0 saturated carbocycles. The van der Waals surface area contributed by atoms with Crippen molar-refractivity contribution >= 4 is 50.6 Å². The van der Waals surface area contributed by atoms with Crippen LogP contribution in [0.5, 0.6) is 0 Å². The van der Waals surface area contributed by atoms with Crippen molar-refractivity contribution in [2.24, 2.45) is 0 Å². The van der Waals surface area contributed by atoms with Crippen LogP contribution >= 0.6 is 22.9 Å². The summed E-state index contributed by atoms with van der Waals surface area (Å²) in [5.74, 6) is 0.227. The molecule has 6 nitrogen and oxygen atoms in total. The number of fused-ring (bicyclic) bond motifs is 3. The molecular formula is C24H27ClFN5OS. The van der Waals surface area contributed by atoms with E-state index in [0.717, 1.165) is 40.2 Å². The van der Waals surface area contributed by atoms with Gasteiger partial charge in [0.15, 0.2) is 0 Å². The molecule has 0 bridgehead atoms. The fourth-order valence-corrected chi connectivity index (χ4v) is 5.40. The summed E-state index contributed by atoms with van der Waals surface area (Å²) in [4.78, 5) is 27.8. The highest BCUT2D eigenvalue weighted by atomic mass is 35.5. The van der Waals surface area contributed by atoms with Crippen LogP contribution in [0.2, 0.25) is 5.02 Å². The van der Waals surface area contributed by atoms with Crippen LogP contribution in [0.1, 0.15) is 31.2 Å². The number of carbonyl (C=O) groups excluding carboxylic acids is 1. The smallest absolute Gasteiger partial charge is 0.246 e. The van der Waals surface area contributed by atoms with Gasteiger partial charge in [0, 0.05) is 35.8 Å². The summed E-state index contributed by atoms with van der Waals surface area (Å²) in [6.45, 7) is 9.35. The standard InChI is InChI=1S/C24H27ClFN5OS/c1-4-30(15(2)3)10-5-6-21(32)31-11-9-17-20(13-31)33-24-22(17)23(27-14-28-24)29-16-7-8-19(26)18(25)12-16/h5-8,12,14-15H,4,9-11,13H2,1-3H3,(H,27,28,29). The van der Waals surface area contributed by atoms with Crippen LogP contribution in [0, 0.1) is 5.82 Å². The van der Waals surface area contributed by atoms with Gasteiger partial charge in [-0.15, -0.1) is 11.3 Å². The third kappa shape index (κ3) is 5.18. The van der Waals surface area contributed by atoms with Crippen molar-refractivity contribution in [1.29, 1.82) is 0 Å². The third-order valence-corrected chi connectivity index (χ3v) is 7.28. The predicted molar refractivity (Wildman–Crippen MR) is 133 cm³/mol. The van der Waals surface area contributed by atoms with Crippen LogP contribution in [0.3, 0.4) is 0 Å². The molecule has 2 aromatic heterocycles. The SMILES string of the molecule is CCN(CC=CC(=O)N1CCc2c(sc3ncnc(Nc4ccc(F)c(Cl)c4)c23)C1)C(C)C. The molecule has 174 valence electrons. The van der Waals surface area contributed by atoms with Gasteiger partial charge in [0.2, 0.25) is 5.91 Å².